The van der Waals surface area contributed by atoms with Crippen molar-refractivity contribution >= 4 is 15.7 Å². The Kier molecular flexibility index (Phi) is 5.85. The van der Waals surface area contributed by atoms with Gasteiger partial charge in [0.1, 0.15) is 5.75 Å². The highest BCUT2D eigenvalue weighted by atomic mass is 32.2. The number of nitrogens with one attached hydrogen (secondary N) is 1. The molecular formula is C12H17F3N2O3S. The molecule has 0 fully saturated rings. The lowest BCUT2D eigenvalue weighted by Crippen LogP contribution is -2.20. The van der Waals surface area contributed by atoms with Gasteiger partial charge < -0.3 is 10.5 Å². The molecule has 0 aliphatic carbocycles. The lowest BCUT2D eigenvalue weighted by atomic mass is 10.1. The van der Waals surface area contributed by atoms with E-state index in [-0.39, 0.29) is 18.0 Å². The Bertz CT molecular complexity index is 551. The third-order valence-corrected chi connectivity index (χ3v) is 4.02. The summed E-state index contributed by atoms with van der Waals surface area (Å²) in [6.45, 7) is 0.0671. The number of alkyl halides is 3. The molecule has 0 aliphatic heterocycles. The van der Waals surface area contributed by atoms with Crippen LogP contribution in [0.1, 0.15) is 18.4 Å². The van der Waals surface area contributed by atoms with Gasteiger partial charge in [-0.2, -0.15) is 13.2 Å². The fraction of sp³-hybridized carbons (Fsp3) is 0.500. The van der Waals surface area contributed by atoms with Crippen LogP contribution in [-0.2, 0) is 16.6 Å². The quantitative estimate of drug-likeness (QED) is 0.805. The summed E-state index contributed by atoms with van der Waals surface area (Å²) in [5, 5.41) is 0. The highest BCUT2D eigenvalue weighted by Crippen LogP contribution is 2.29. The molecule has 1 aromatic rings. The smallest absolute Gasteiger partial charge is 0.389 e. The molecule has 0 saturated carbocycles. The molecule has 1 aromatic carbocycles. The summed E-state index contributed by atoms with van der Waals surface area (Å²) in [5.74, 6) is -0.369. The molecule has 1 rings (SSSR count). The molecule has 0 spiro atoms. The first-order chi connectivity index (χ1) is 9.68. The number of hydrogen-bond acceptors (Lipinski definition) is 4. The van der Waals surface area contributed by atoms with E-state index in [1.54, 1.807) is 12.1 Å². The van der Waals surface area contributed by atoms with Crippen molar-refractivity contribution < 1.29 is 26.3 Å². The van der Waals surface area contributed by atoms with Gasteiger partial charge in [-0.05, 0) is 18.1 Å². The minimum absolute atomic E-state index is 0.0671. The van der Waals surface area contributed by atoms with Crippen LogP contribution < -0.4 is 15.2 Å². The zero-order valence-electron chi connectivity index (χ0n) is 11.4. The van der Waals surface area contributed by atoms with Gasteiger partial charge in [-0.15, -0.1) is 0 Å². The van der Waals surface area contributed by atoms with Crippen LogP contribution in [0.15, 0.2) is 18.2 Å². The van der Waals surface area contributed by atoms with E-state index in [0.29, 0.717) is 5.56 Å². The van der Waals surface area contributed by atoms with Crippen LogP contribution in [-0.4, -0.2) is 27.5 Å². The van der Waals surface area contributed by atoms with Gasteiger partial charge in [-0.1, -0.05) is 12.1 Å². The maximum Gasteiger partial charge on any atom is 0.389 e. The van der Waals surface area contributed by atoms with Crippen molar-refractivity contribution in [1.82, 2.24) is 0 Å². The number of methoxy groups -OCH3 is 1. The molecule has 0 unspecified atom stereocenters. The Hall–Kier alpha value is -1.48. The van der Waals surface area contributed by atoms with E-state index in [9.17, 15) is 21.6 Å². The normalized spacial score (nSPS) is 12.2. The molecule has 0 bridgehead atoms. The van der Waals surface area contributed by atoms with Crippen LogP contribution in [0.2, 0.25) is 0 Å². The predicted octanol–water partition coefficient (Wildman–Crippen LogP) is 2.24. The average Bonchev–Trinajstić information content (AvgIpc) is 2.36. The van der Waals surface area contributed by atoms with Crippen molar-refractivity contribution in [2.75, 3.05) is 17.6 Å². The van der Waals surface area contributed by atoms with Crippen molar-refractivity contribution in [2.24, 2.45) is 5.73 Å². The monoisotopic (exact) mass is 326 g/mol. The van der Waals surface area contributed by atoms with E-state index >= 15 is 0 Å². The van der Waals surface area contributed by atoms with Crippen molar-refractivity contribution in [3.63, 3.8) is 0 Å². The van der Waals surface area contributed by atoms with Gasteiger partial charge in [0.05, 0.1) is 18.6 Å². The molecule has 0 atom stereocenters. The highest BCUT2D eigenvalue weighted by Gasteiger charge is 2.27. The van der Waals surface area contributed by atoms with Gasteiger partial charge in [0.15, 0.2) is 0 Å². The minimum atomic E-state index is -4.37. The van der Waals surface area contributed by atoms with E-state index in [2.05, 4.69) is 4.72 Å². The standard InChI is InChI=1S/C12H17F3N2O3S/c1-20-10-5-2-4-9(8-16)11(10)17-21(18,19)7-3-6-12(13,14)15/h2,4-5,17H,3,6-8,16H2,1H3. The summed E-state index contributed by atoms with van der Waals surface area (Å²) < 4.78 is 67.1. The van der Waals surface area contributed by atoms with Crippen LogP contribution in [0.4, 0.5) is 18.9 Å². The number of benzene rings is 1. The number of anilines is 1. The number of para-hydroxylation sites is 1. The molecule has 21 heavy (non-hydrogen) atoms. The zero-order valence-corrected chi connectivity index (χ0v) is 12.2. The molecule has 0 saturated heterocycles. The van der Waals surface area contributed by atoms with Crippen LogP contribution in [0.3, 0.4) is 0 Å². The second kappa shape index (κ2) is 6.99. The SMILES string of the molecule is COc1cccc(CN)c1NS(=O)(=O)CCCC(F)(F)F. The first-order valence-electron chi connectivity index (χ1n) is 6.11. The number of nitrogens with two attached hydrogens (primary N) is 1. The fourth-order valence-electron chi connectivity index (χ4n) is 1.70. The fourth-order valence-corrected chi connectivity index (χ4v) is 2.87. The summed E-state index contributed by atoms with van der Waals surface area (Å²) in [7, 11) is -2.55. The molecule has 0 amide bonds. The van der Waals surface area contributed by atoms with Crippen molar-refractivity contribution in [2.45, 2.75) is 25.6 Å². The van der Waals surface area contributed by atoms with Crippen LogP contribution in [0, 0.1) is 0 Å². The first-order valence-corrected chi connectivity index (χ1v) is 7.77. The van der Waals surface area contributed by atoms with Gasteiger partial charge in [-0.25, -0.2) is 8.42 Å². The summed E-state index contributed by atoms with van der Waals surface area (Å²) >= 11 is 0. The lowest BCUT2D eigenvalue weighted by molar-refractivity contribution is -0.134. The number of sulfonamides is 1. The summed E-state index contributed by atoms with van der Waals surface area (Å²) in [5.41, 5.74) is 6.17. The summed E-state index contributed by atoms with van der Waals surface area (Å²) in [4.78, 5) is 0. The van der Waals surface area contributed by atoms with Crippen molar-refractivity contribution in [3.8, 4) is 5.75 Å². The largest absolute Gasteiger partial charge is 0.495 e. The molecule has 120 valence electrons. The van der Waals surface area contributed by atoms with Gasteiger partial charge in [0.25, 0.3) is 0 Å². The minimum Gasteiger partial charge on any atom is -0.495 e. The number of ether oxygens (including phenoxy) is 1. The maximum absolute atomic E-state index is 12.0. The molecule has 0 aliphatic rings. The molecule has 3 N–H and O–H groups in total. The zero-order chi connectivity index (χ0) is 16.1. The molecule has 9 heteroatoms. The predicted molar refractivity (Wildman–Crippen MR) is 73.6 cm³/mol. The van der Waals surface area contributed by atoms with E-state index < -0.39 is 34.8 Å². The van der Waals surface area contributed by atoms with Crippen LogP contribution in [0.5, 0.6) is 5.75 Å². The van der Waals surface area contributed by atoms with E-state index in [1.165, 1.54) is 13.2 Å². The molecule has 5 nitrogen and oxygen atoms in total. The Morgan fingerprint density at radius 1 is 1.33 bits per heavy atom. The van der Waals surface area contributed by atoms with Crippen molar-refractivity contribution in [1.29, 1.82) is 0 Å². The Labute approximate surface area is 121 Å². The van der Waals surface area contributed by atoms with Gasteiger partial charge in [0, 0.05) is 13.0 Å². The number of rotatable bonds is 7. The number of hydrogen-bond donors (Lipinski definition) is 2. The van der Waals surface area contributed by atoms with Gasteiger partial charge in [-0.3, -0.25) is 4.72 Å². The number of halogens is 3. The second-order valence-electron chi connectivity index (χ2n) is 4.34. The Morgan fingerprint density at radius 2 is 2.00 bits per heavy atom. The topological polar surface area (TPSA) is 81.4 Å². The first kappa shape index (κ1) is 17.6. The van der Waals surface area contributed by atoms with E-state index in [0.717, 1.165) is 0 Å². The Morgan fingerprint density at radius 3 is 2.52 bits per heavy atom. The lowest BCUT2D eigenvalue weighted by Gasteiger charge is -2.15. The van der Waals surface area contributed by atoms with E-state index in [4.69, 9.17) is 10.5 Å². The maximum atomic E-state index is 12.0. The van der Waals surface area contributed by atoms with Gasteiger partial charge in [0.2, 0.25) is 10.0 Å². The average molecular weight is 326 g/mol. The highest BCUT2D eigenvalue weighted by molar-refractivity contribution is 7.92. The van der Waals surface area contributed by atoms with Crippen LogP contribution in [0.25, 0.3) is 0 Å². The molecule has 0 radical (unpaired) electrons. The third kappa shape index (κ3) is 5.80. The third-order valence-electron chi connectivity index (χ3n) is 2.68. The molecule has 0 aromatic heterocycles. The van der Waals surface area contributed by atoms with Gasteiger partial charge >= 0.3 is 6.18 Å². The summed E-state index contributed by atoms with van der Waals surface area (Å²) in [6.07, 6.45) is -6.03. The Balaban J connectivity index is 2.84. The van der Waals surface area contributed by atoms with E-state index in [1.807, 2.05) is 0 Å². The van der Waals surface area contributed by atoms with Crippen molar-refractivity contribution in [3.05, 3.63) is 23.8 Å². The van der Waals surface area contributed by atoms with Crippen LogP contribution >= 0.6 is 0 Å². The summed E-state index contributed by atoms with van der Waals surface area (Å²) in [6, 6.07) is 4.78. The molecule has 0 heterocycles. The molecular weight excluding hydrogens is 309 g/mol. The second-order valence-corrected chi connectivity index (χ2v) is 6.18.